The van der Waals surface area contributed by atoms with Crippen LogP contribution >= 0.6 is 0 Å². The van der Waals surface area contributed by atoms with Gasteiger partial charge in [-0.1, -0.05) is 0 Å². The second-order valence-electron chi connectivity index (χ2n) is 4.29. The van der Waals surface area contributed by atoms with Crippen molar-refractivity contribution >= 4 is 11.9 Å². The van der Waals surface area contributed by atoms with Gasteiger partial charge in [0.1, 0.15) is 12.1 Å². The third-order valence-corrected chi connectivity index (χ3v) is 2.76. The molecular formula is C11H23N3O5. The lowest BCUT2D eigenvalue weighted by molar-refractivity contribution is -0.142. The fourth-order valence-corrected chi connectivity index (χ4v) is 1.63. The third kappa shape index (κ3) is 8.49. The smallest absolute Gasteiger partial charge is 0.323 e. The summed E-state index contributed by atoms with van der Waals surface area (Å²) in [4.78, 5) is 20.4. The molecule has 2 atom stereocenters. The molecule has 1 aliphatic rings. The van der Waals surface area contributed by atoms with Crippen molar-refractivity contribution in [3.63, 3.8) is 0 Å². The zero-order chi connectivity index (χ0) is 14.7. The maximum absolute atomic E-state index is 10.3. The van der Waals surface area contributed by atoms with Crippen LogP contribution in [0.3, 0.4) is 0 Å². The summed E-state index contributed by atoms with van der Waals surface area (Å²) in [6.45, 7) is 1.41. The number of rotatable bonds is 7. The van der Waals surface area contributed by atoms with E-state index < -0.39 is 18.0 Å². The largest absolute Gasteiger partial charge is 0.480 e. The van der Waals surface area contributed by atoms with Gasteiger partial charge in [-0.2, -0.15) is 5.48 Å². The molecule has 0 aromatic heterocycles. The first-order chi connectivity index (χ1) is 9.02. The van der Waals surface area contributed by atoms with Gasteiger partial charge in [0.2, 0.25) is 0 Å². The van der Waals surface area contributed by atoms with E-state index in [-0.39, 0.29) is 6.04 Å². The molecule has 0 saturated carbocycles. The topological polar surface area (TPSA) is 145 Å². The van der Waals surface area contributed by atoms with E-state index >= 15 is 0 Å². The summed E-state index contributed by atoms with van der Waals surface area (Å²) >= 11 is 0. The quantitative estimate of drug-likeness (QED) is 0.266. The van der Waals surface area contributed by atoms with Crippen LogP contribution in [-0.4, -0.2) is 52.5 Å². The van der Waals surface area contributed by atoms with Gasteiger partial charge >= 0.3 is 11.9 Å². The third-order valence-electron chi connectivity index (χ3n) is 2.76. The minimum absolute atomic E-state index is 0.269. The lowest BCUT2D eigenvalue weighted by Gasteiger charge is -2.08. The fourth-order valence-electron chi connectivity index (χ4n) is 1.63. The summed E-state index contributed by atoms with van der Waals surface area (Å²) in [5.41, 5.74) is 6.92. The standard InChI is InChI=1S/C6H14N2O3.C5H9NO2/c7-4-2-1-3-5(8-11)6(9)10;7-5(8)4-2-1-3-6-4/h5,8,11H,1-4,7H2,(H,9,10);4,6H,1-3H2,(H,7,8). The Morgan fingerprint density at radius 2 is 2.05 bits per heavy atom. The molecule has 0 spiro atoms. The molecule has 0 amide bonds. The van der Waals surface area contributed by atoms with E-state index in [1.54, 1.807) is 5.48 Å². The van der Waals surface area contributed by atoms with Gasteiger partial charge in [0.15, 0.2) is 0 Å². The van der Waals surface area contributed by atoms with Crippen molar-refractivity contribution in [2.45, 2.75) is 44.2 Å². The number of hydrogen-bond donors (Lipinski definition) is 6. The van der Waals surface area contributed by atoms with Gasteiger partial charge in [-0.15, -0.1) is 0 Å². The molecule has 8 nitrogen and oxygen atoms in total. The highest BCUT2D eigenvalue weighted by atomic mass is 16.5. The van der Waals surface area contributed by atoms with Crippen molar-refractivity contribution < 1.29 is 25.0 Å². The van der Waals surface area contributed by atoms with E-state index in [0.717, 1.165) is 25.8 Å². The van der Waals surface area contributed by atoms with Crippen molar-refractivity contribution in [1.82, 2.24) is 10.8 Å². The first kappa shape index (κ1) is 17.8. The molecule has 19 heavy (non-hydrogen) atoms. The monoisotopic (exact) mass is 277 g/mol. The molecule has 7 N–H and O–H groups in total. The van der Waals surface area contributed by atoms with Crippen LogP contribution in [-0.2, 0) is 9.59 Å². The molecule has 0 aromatic carbocycles. The number of nitrogens with one attached hydrogen (secondary N) is 2. The molecule has 112 valence electrons. The summed E-state index contributed by atoms with van der Waals surface area (Å²) in [5, 5.41) is 28.0. The number of carboxylic acid groups (broad SMARTS) is 2. The lowest BCUT2D eigenvalue weighted by Crippen LogP contribution is -2.34. The predicted molar refractivity (Wildman–Crippen MR) is 67.9 cm³/mol. The van der Waals surface area contributed by atoms with Gasteiger partial charge in [-0.3, -0.25) is 9.59 Å². The molecule has 1 aliphatic heterocycles. The zero-order valence-corrected chi connectivity index (χ0v) is 10.8. The molecule has 1 rings (SSSR count). The minimum Gasteiger partial charge on any atom is -0.480 e. The van der Waals surface area contributed by atoms with Crippen molar-refractivity contribution in [3.05, 3.63) is 0 Å². The maximum Gasteiger partial charge on any atom is 0.323 e. The Bertz CT molecular complexity index is 269. The van der Waals surface area contributed by atoms with Crippen molar-refractivity contribution in [1.29, 1.82) is 0 Å². The van der Waals surface area contributed by atoms with Crippen LogP contribution in [0.5, 0.6) is 0 Å². The first-order valence-electron chi connectivity index (χ1n) is 6.31. The van der Waals surface area contributed by atoms with Crippen LogP contribution in [0.4, 0.5) is 0 Å². The SMILES string of the molecule is NCCCCC(NO)C(=O)O.O=C(O)C1CCCN1. The highest BCUT2D eigenvalue weighted by Gasteiger charge is 2.20. The Balaban J connectivity index is 0.000000356. The minimum atomic E-state index is -1.04. The molecule has 2 unspecified atom stereocenters. The molecule has 1 fully saturated rings. The molecule has 0 radical (unpaired) electrons. The van der Waals surface area contributed by atoms with E-state index in [9.17, 15) is 9.59 Å². The zero-order valence-electron chi connectivity index (χ0n) is 10.8. The molecule has 0 bridgehead atoms. The number of aliphatic carboxylic acids is 2. The average Bonchev–Trinajstić information content (AvgIpc) is 2.89. The van der Waals surface area contributed by atoms with Gasteiger partial charge in [0, 0.05) is 0 Å². The van der Waals surface area contributed by atoms with Crippen LogP contribution in [0.2, 0.25) is 0 Å². The summed E-state index contributed by atoms with van der Waals surface area (Å²) in [6, 6.07) is -1.13. The van der Waals surface area contributed by atoms with Crippen LogP contribution < -0.4 is 16.5 Å². The Labute approximate surface area is 111 Å². The second-order valence-corrected chi connectivity index (χ2v) is 4.29. The number of unbranched alkanes of at least 4 members (excludes halogenated alkanes) is 1. The highest BCUT2D eigenvalue weighted by Crippen LogP contribution is 2.03. The summed E-state index contributed by atoms with van der Waals surface area (Å²) < 4.78 is 0. The van der Waals surface area contributed by atoms with Crippen molar-refractivity contribution in [3.8, 4) is 0 Å². The van der Waals surface area contributed by atoms with Crippen LogP contribution in [0.15, 0.2) is 0 Å². The van der Waals surface area contributed by atoms with E-state index in [1.807, 2.05) is 0 Å². The Kier molecular flexibility index (Phi) is 9.99. The second kappa shape index (κ2) is 10.7. The Morgan fingerprint density at radius 1 is 1.37 bits per heavy atom. The highest BCUT2D eigenvalue weighted by molar-refractivity contribution is 5.73. The molecule has 8 heteroatoms. The number of carbonyl (C=O) groups is 2. The van der Waals surface area contributed by atoms with E-state index in [4.69, 9.17) is 21.2 Å². The van der Waals surface area contributed by atoms with E-state index in [1.165, 1.54) is 0 Å². The van der Waals surface area contributed by atoms with Gasteiger partial charge in [-0.05, 0) is 45.2 Å². The summed E-state index contributed by atoms with van der Waals surface area (Å²) in [7, 11) is 0. The number of carboxylic acids is 2. The summed E-state index contributed by atoms with van der Waals surface area (Å²) in [6.07, 6.45) is 3.68. The summed E-state index contributed by atoms with van der Waals surface area (Å²) in [5.74, 6) is -1.76. The van der Waals surface area contributed by atoms with Gasteiger partial charge < -0.3 is 26.5 Å². The van der Waals surface area contributed by atoms with Crippen molar-refractivity contribution in [2.24, 2.45) is 5.73 Å². The normalized spacial score (nSPS) is 19.4. The van der Waals surface area contributed by atoms with Gasteiger partial charge in [0.25, 0.3) is 0 Å². The number of nitrogens with two attached hydrogens (primary N) is 1. The van der Waals surface area contributed by atoms with Crippen LogP contribution in [0.1, 0.15) is 32.1 Å². The molecular weight excluding hydrogens is 254 g/mol. The molecule has 1 saturated heterocycles. The van der Waals surface area contributed by atoms with E-state index in [2.05, 4.69) is 5.32 Å². The Hall–Kier alpha value is -1.22. The van der Waals surface area contributed by atoms with Gasteiger partial charge in [0.05, 0.1) is 0 Å². The maximum atomic E-state index is 10.3. The lowest BCUT2D eigenvalue weighted by atomic mass is 10.1. The predicted octanol–water partition coefficient (Wildman–Crippen LogP) is -0.630. The van der Waals surface area contributed by atoms with Crippen molar-refractivity contribution in [2.75, 3.05) is 13.1 Å². The van der Waals surface area contributed by atoms with Gasteiger partial charge in [-0.25, -0.2) is 0 Å². The van der Waals surface area contributed by atoms with Crippen LogP contribution in [0, 0.1) is 0 Å². The fraction of sp³-hybridized carbons (Fsp3) is 0.818. The van der Waals surface area contributed by atoms with Crippen LogP contribution in [0.25, 0.3) is 0 Å². The number of hydroxylamine groups is 1. The van der Waals surface area contributed by atoms with E-state index in [0.29, 0.717) is 19.4 Å². The average molecular weight is 277 g/mol. The molecule has 0 aromatic rings. The number of hydrogen-bond acceptors (Lipinski definition) is 6. The molecule has 0 aliphatic carbocycles. The molecule has 1 heterocycles. The Morgan fingerprint density at radius 3 is 2.37 bits per heavy atom. The first-order valence-corrected chi connectivity index (χ1v) is 6.31.